The highest BCUT2D eigenvalue weighted by molar-refractivity contribution is 6.33. The van der Waals surface area contributed by atoms with E-state index in [1.807, 2.05) is 54.6 Å². The highest BCUT2D eigenvalue weighted by Crippen LogP contribution is 2.34. The Bertz CT molecular complexity index is 960. The zero-order valence-electron chi connectivity index (χ0n) is 11.3. The number of aromatic nitrogens is 1. The van der Waals surface area contributed by atoms with Crippen molar-refractivity contribution in [2.24, 2.45) is 0 Å². The van der Waals surface area contributed by atoms with Crippen molar-refractivity contribution in [3.8, 4) is 11.1 Å². The fraction of sp³-hybridized carbons (Fsp3) is 0. The van der Waals surface area contributed by atoms with E-state index in [-0.39, 0.29) is 0 Å². The maximum absolute atomic E-state index is 6.36. The van der Waals surface area contributed by atoms with Crippen LogP contribution in [0.5, 0.6) is 0 Å². The van der Waals surface area contributed by atoms with E-state index in [1.54, 1.807) is 0 Å². The highest BCUT2D eigenvalue weighted by Gasteiger charge is 2.08. The van der Waals surface area contributed by atoms with Crippen LogP contribution in [0.2, 0.25) is 5.02 Å². The molecular weight excluding hydrogens is 278 g/mol. The predicted molar refractivity (Wildman–Crippen MR) is 89.7 cm³/mol. The van der Waals surface area contributed by atoms with Gasteiger partial charge in [0.05, 0.1) is 11.0 Å². The van der Waals surface area contributed by atoms with Crippen LogP contribution in [0.1, 0.15) is 0 Å². The van der Waals surface area contributed by atoms with Crippen molar-refractivity contribution in [1.29, 1.82) is 0 Å². The molecule has 0 atom stereocenters. The van der Waals surface area contributed by atoms with Gasteiger partial charge in [-0.05, 0) is 29.8 Å². The normalized spacial score (nSPS) is 11.1. The second kappa shape index (κ2) is 4.87. The molecule has 0 aliphatic heterocycles. The molecule has 0 spiro atoms. The zero-order valence-corrected chi connectivity index (χ0v) is 12.0. The number of benzene rings is 3. The quantitative estimate of drug-likeness (QED) is 0.409. The van der Waals surface area contributed by atoms with E-state index in [1.165, 1.54) is 0 Å². The summed E-state index contributed by atoms with van der Waals surface area (Å²) in [5.41, 5.74) is 4.17. The van der Waals surface area contributed by atoms with Crippen LogP contribution in [0.3, 0.4) is 0 Å². The molecule has 1 heterocycles. The Morgan fingerprint density at radius 1 is 0.667 bits per heavy atom. The van der Waals surface area contributed by atoms with Gasteiger partial charge >= 0.3 is 0 Å². The van der Waals surface area contributed by atoms with Crippen LogP contribution in [0, 0.1) is 0 Å². The number of halogens is 1. The van der Waals surface area contributed by atoms with Crippen LogP contribution in [-0.2, 0) is 0 Å². The summed E-state index contributed by atoms with van der Waals surface area (Å²) in [5, 5.41) is 3.03. The van der Waals surface area contributed by atoms with Crippen molar-refractivity contribution in [2.75, 3.05) is 0 Å². The molecule has 4 rings (SSSR count). The van der Waals surface area contributed by atoms with Gasteiger partial charge in [-0.2, -0.15) is 0 Å². The Balaban J connectivity index is 2.10. The molecule has 0 unspecified atom stereocenters. The molecule has 3 aromatic carbocycles. The van der Waals surface area contributed by atoms with Gasteiger partial charge in [0.25, 0.3) is 0 Å². The molecule has 100 valence electrons. The van der Waals surface area contributed by atoms with Crippen molar-refractivity contribution >= 4 is 33.4 Å². The molecule has 0 saturated heterocycles. The molecule has 0 bridgehead atoms. The van der Waals surface area contributed by atoms with E-state index < -0.39 is 0 Å². The van der Waals surface area contributed by atoms with Crippen LogP contribution < -0.4 is 0 Å². The Morgan fingerprint density at radius 3 is 2.29 bits per heavy atom. The predicted octanol–water partition coefficient (Wildman–Crippen LogP) is 5.71. The molecule has 0 radical (unpaired) electrons. The van der Waals surface area contributed by atoms with E-state index in [4.69, 9.17) is 16.6 Å². The minimum Gasteiger partial charge on any atom is -0.248 e. The van der Waals surface area contributed by atoms with Crippen molar-refractivity contribution < 1.29 is 0 Å². The monoisotopic (exact) mass is 289 g/mol. The lowest BCUT2D eigenvalue weighted by Gasteiger charge is -2.09. The number of fused-ring (bicyclic) bond motifs is 2. The first-order chi connectivity index (χ1) is 10.3. The Hall–Kier alpha value is -2.38. The van der Waals surface area contributed by atoms with Gasteiger partial charge in [-0.25, -0.2) is 4.98 Å². The number of hydrogen-bond donors (Lipinski definition) is 0. The zero-order chi connectivity index (χ0) is 14.2. The minimum atomic E-state index is 0.762. The van der Waals surface area contributed by atoms with Crippen LogP contribution >= 0.6 is 11.6 Å². The fourth-order valence-electron chi connectivity index (χ4n) is 2.71. The smallest absolute Gasteiger partial charge is 0.0715 e. The maximum Gasteiger partial charge on any atom is 0.0715 e. The second-order valence-electron chi connectivity index (χ2n) is 5.03. The summed E-state index contributed by atoms with van der Waals surface area (Å²) in [4.78, 5) is 4.75. The second-order valence-corrected chi connectivity index (χ2v) is 5.44. The van der Waals surface area contributed by atoms with E-state index >= 15 is 0 Å². The lowest BCUT2D eigenvalue weighted by Crippen LogP contribution is -1.86. The molecule has 0 saturated carbocycles. The lowest BCUT2D eigenvalue weighted by atomic mass is 9.99. The first-order valence-electron chi connectivity index (χ1n) is 6.86. The average Bonchev–Trinajstić information content (AvgIpc) is 2.53. The summed E-state index contributed by atoms with van der Waals surface area (Å²) in [7, 11) is 0. The molecule has 0 amide bonds. The van der Waals surface area contributed by atoms with E-state index in [0.29, 0.717) is 0 Å². The minimum absolute atomic E-state index is 0.762. The molecule has 0 N–H and O–H groups in total. The van der Waals surface area contributed by atoms with E-state index in [2.05, 4.69) is 18.2 Å². The van der Waals surface area contributed by atoms with Crippen LogP contribution in [-0.4, -0.2) is 4.98 Å². The van der Waals surface area contributed by atoms with Gasteiger partial charge in [0.1, 0.15) is 0 Å². The summed E-state index contributed by atoms with van der Waals surface area (Å²) >= 11 is 6.36. The molecular formula is C19H12ClN. The van der Waals surface area contributed by atoms with Crippen LogP contribution in [0.25, 0.3) is 32.9 Å². The number of rotatable bonds is 1. The number of pyridine rings is 1. The summed E-state index contributed by atoms with van der Waals surface area (Å²) in [6.07, 6.45) is 0. The highest BCUT2D eigenvalue weighted by atomic mass is 35.5. The maximum atomic E-state index is 6.36. The van der Waals surface area contributed by atoms with Gasteiger partial charge in [-0.15, -0.1) is 0 Å². The van der Waals surface area contributed by atoms with Gasteiger partial charge in [-0.1, -0.05) is 60.1 Å². The molecule has 2 heteroatoms. The third-order valence-electron chi connectivity index (χ3n) is 3.72. The Kier molecular flexibility index (Phi) is 2.87. The van der Waals surface area contributed by atoms with Crippen molar-refractivity contribution in [1.82, 2.24) is 4.98 Å². The SMILES string of the molecule is Clc1ccccc1-c1cccc2nc3ccccc3cc12. The molecule has 21 heavy (non-hydrogen) atoms. The van der Waals surface area contributed by atoms with Gasteiger partial charge in [-0.3, -0.25) is 0 Å². The molecule has 1 aromatic heterocycles. The van der Waals surface area contributed by atoms with Crippen LogP contribution in [0.15, 0.2) is 72.8 Å². The van der Waals surface area contributed by atoms with Crippen molar-refractivity contribution in [3.05, 3.63) is 77.8 Å². The van der Waals surface area contributed by atoms with Gasteiger partial charge < -0.3 is 0 Å². The third kappa shape index (κ3) is 2.07. The third-order valence-corrected chi connectivity index (χ3v) is 4.05. The molecule has 0 aliphatic carbocycles. The van der Waals surface area contributed by atoms with Gasteiger partial charge in [0.15, 0.2) is 0 Å². The topological polar surface area (TPSA) is 12.9 Å². The lowest BCUT2D eigenvalue weighted by molar-refractivity contribution is 1.49. The first kappa shape index (κ1) is 12.4. The summed E-state index contributed by atoms with van der Waals surface area (Å²) in [6, 6.07) is 24.5. The van der Waals surface area contributed by atoms with Gasteiger partial charge in [0, 0.05) is 21.4 Å². The first-order valence-corrected chi connectivity index (χ1v) is 7.24. The Labute approximate surface area is 127 Å². The van der Waals surface area contributed by atoms with E-state index in [0.717, 1.165) is 38.0 Å². The van der Waals surface area contributed by atoms with E-state index in [9.17, 15) is 0 Å². The molecule has 0 aliphatic rings. The van der Waals surface area contributed by atoms with Crippen LogP contribution in [0.4, 0.5) is 0 Å². The van der Waals surface area contributed by atoms with Gasteiger partial charge in [0.2, 0.25) is 0 Å². The standard InChI is InChI=1S/C19H12ClN/c20-17-9-3-2-7-15(17)14-8-5-11-19-16(14)12-13-6-1-4-10-18(13)21-19/h1-12H. The summed E-state index contributed by atoms with van der Waals surface area (Å²) < 4.78 is 0. The molecule has 0 fully saturated rings. The number of hydrogen-bond acceptors (Lipinski definition) is 1. The van der Waals surface area contributed by atoms with Crippen molar-refractivity contribution in [2.45, 2.75) is 0 Å². The summed E-state index contributed by atoms with van der Waals surface area (Å²) in [5.74, 6) is 0. The fourth-order valence-corrected chi connectivity index (χ4v) is 2.95. The number of nitrogens with zero attached hydrogens (tertiary/aromatic N) is 1. The Morgan fingerprint density at radius 2 is 1.38 bits per heavy atom. The van der Waals surface area contributed by atoms with Crippen molar-refractivity contribution in [3.63, 3.8) is 0 Å². The number of para-hydroxylation sites is 1. The molecule has 4 aromatic rings. The molecule has 1 nitrogen and oxygen atoms in total. The summed E-state index contributed by atoms with van der Waals surface area (Å²) in [6.45, 7) is 0. The largest absolute Gasteiger partial charge is 0.248 e. The average molecular weight is 290 g/mol.